The summed E-state index contributed by atoms with van der Waals surface area (Å²) < 4.78 is 13.2. The van der Waals surface area contributed by atoms with E-state index in [9.17, 15) is 14.0 Å². The molecule has 2 aromatic carbocycles. The quantitative estimate of drug-likeness (QED) is 0.591. The largest absolute Gasteiger partial charge is 0.338 e. The Kier molecular flexibility index (Phi) is 6.24. The molecule has 170 valence electrons. The number of benzene rings is 2. The highest BCUT2D eigenvalue weighted by atomic mass is 32.1. The minimum Gasteiger partial charge on any atom is -0.338 e. The fourth-order valence-electron chi connectivity index (χ4n) is 4.77. The average molecular weight is 464 g/mol. The topological polar surface area (TPSA) is 43.9 Å². The van der Waals surface area contributed by atoms with Crippen LogP contribution in [0.5, 0.6) is 0 Å². The van der Waals surface area contributed by atoms with E-state index in [-0.39, 0.29) is 23.7 Å². The summed E-state index contributed by atoms with van der Waals surface area (Å²) in [6.07, 6.45) is 0.962. The molecule has 1 atom stereocenters. The predicted molar refractivity (Wildman–Crippen MR) is 127 cm³/mol. The molecular formula is C26H26FN3O2S. The van der Waals surface area contributed by atoms with Gasteiger partial charge < -0.3 is 9.80 Å². The number of amides is 2. The summed E-state index contributed by atoms with van der Waals surface area (Å²) in [4.78, 5) is 33.2. The molecule has 0 N–H and O–H groups in total. The van der Waals surface area contributed by atoms with Crippen LogP contribution < -0.4 is 0 Å². The van der Waals surface area contributed by atoms with E-state index in [0.717, 1.165) is 13.0 Å². The molecule has 5 nitrogen and oxygen atoms in total. The maximum absolute atomic E-state index is 13.2. The van der Waals surface area contributed by atoms with Gasteiger partial charge >= 0.3 is 0 Å². The molecule has 0 saturated carbocycles. The monoisotopic (exact) mass is 463 g/mol. The molecule has 0 aliphatic carbocycles. The SMILES string of the molecule is O=C(CN1CCc2sccc2C1c1ccccc1)N1CCN(C(=O)c2ccc(F)cc2)CC1. The van der Waals surface area contributed by atoms with E-state index in [1.807, 2.05) is 23.1 Å². The lowest BCUT2D eigenvalue weighted by molar-refractivity contribution is -0.134. The van der Waals surface area contributed by atoms with Crippen LogP contribution in [0.3, 0.4) is 0 Å². The highest BCUT2D eigenvalue weighted by molar-refractivity contribution is 7.10. The zero-order valence-electron chi connectivity index (χ0n) is 18.3. The molecule has 5 rings (SSSR count). The maximum atomic E-state index is 13.2. The molecule has 1 unspecified atom stereocenters. The van der Waals surface area contributed by atoms with Crippen LogP contribution in [0.2, 0.25) is 0 Å². The molecule has 0 spiro atoms. The summed E-state index contributed by atoms with van der Waals surface area (Å²) >= 11 is 1.79. The number of halogens is 1. The summed E-state index contributed by atoms with van der Waals surface area (Å²) in [6, 6.07) is 18.3. The molecule has 3 heterocycles. The van der Waals surface area contributed by atoms with Crippen molar-refractivity contribution in [2.75, 3.05) is 39.3 Å². The van der Waals surface area contributed by atoms with Crippen LogP contribution in [0.25, 0.3) is 0 Å². The summed E-state index contributed by atoms with van der Waals surface area (Å²) in [6.45, 7) is 3.21. The number of carbonyl (C=O) groups is 2. The maximum Gasteiger partial charge on any atom is 0.253 e. The van der Waals surface area contributed by atoms with Gasteiger partial charge in [-0.2, -0.15) is 0 Å². The molecule has 3 aromatic rings. The van der Waals surface area contributed by atoms with Crippen molar-refractivity contribution in [1.29, 1.82) is 0 Å². The Hall–Kier alpha value is -3.03. The van der Waals surface area contributed by atoms with Gasteiger partial charge in [0.15, 0.2) is 0 Å². The summed E-state index contributed by atoms with van der Waals surface area (Å²) in [7, 11) is 0. The molecule has 33 heavy (non-hydrogen) atoms. The van der Waals surface area contributed by atoms with E-state index in [4.69, 9.17) is 0 Å². The van der Waals surface area contributed by atoms with E-state index < -0.39 is 0 Å². The van der Waals surface area contributed by atoms with E-state index in [1.54, 1.807) is 16.2 Å². The Labute approximate surface area is 197 Å². The smallest absolute Gasteiger partial charge is 0.253 e. The van der Waals surface area contributed by atoms with Crippen molar-refractivity contribution < 1.29 is 14.0 Å². The molecule has 1 aromatic heterocycles. The number of carbonyl (C=O) groups excluding carboxylic acids is 2. The Bertz CT molecular complexity index is 1120. The lowest BCUT2D eigenvalue weighted by atomic mass is 9.93. The van der Waals surface area contributed by atoms with Gasteiger partial charge in [-0.3, -0.25) is 14.5 Å². The molecule has 2 amide bonds. The second-order valence-electron chi connectivity index (χ2n) is 8.51. The van der Waals surface area contributed by atoms with Crippen LogP contribution in [-0.2, 0) is 11.2 Å². The average Bonchev–Trinajstić information content (AvgIpc) is 3.33. The van der Waals surface area contributed by atoms with Gasteiger partial charge in [0, 0.05) is 43.2 Å². The Balaban J connectivity index is 1.23. The first kappa shape index (κ1) is 21.8. The van der Waals surface area contributed by atoms with Gasteiger partial charge in [0.05, 0.1) is 12.6 Å². The molecule has 0 radical (unpaired) electrons. The molecule has 1 saturated heterocycles. The van der Waals surface area contributed by atoms with Gasteiger partial charge in [-0.15, -0.1) is 11.3 Å². The zero-order valence-corrected chi connectivity index (χ0v) is 19.1. The minimum atomic E-state index is -0.358. The normalized spacial score (nSPS) is 18.8. The third kappa shape index (κ3) is 4.56. The number of fused-ring (bicyclic) bond motifs is 1. The highest BCUT2D eigenvalue weighted by Gasteiger charge is 2.33. The number of nitrogens with zero attached hydrogens (tertiary/aromatic N) is 3. The summed E-state index contributed by atoms with van der Waals surface area (Å²) in [5.41, 5.74) is 2.99. The van der Waals surface area contributed by atoms with Crippen LogP contribution in [0, 0.1) is 5.82 Å². The Morgan fingerprint density at radius 3 is 2.30 bits per heavy atom. The van der Waals surface area contributed by atoms with Crippen molar-refractivity contribution in [2.45, 2.75) is 12.5 Å². The number of rotatable bonds is 4. The van der Waals surface area contributed by atoms with E-state index in [0.29, 0.717) is 38.3 Å². The van der Waals surface area contributed by atoms with Crippen molar-refractivity contribution in [3.05, 3.63) is 93.4 Å². The van der Waals surface area contributed by atoms with Gasteiger partial charge in [-0.05, 0) is 53.3 Å². The van der Waals surface area contributed by atoms with Crippen molar-refractivity contribution in [2.24, 2.45) is 0 Å². The molecule has 0 bridgehead atoms. The first-order valence-electron chi connectivity index (χ1n) is 11.3. The Morgan fingerprint density at radius 1 is 0.879 bits per heavy atom. The van der Waals surface area contributed by atoms with Crippen molar-refractivity contribution >= 4 is 23.2 Å². The third-order valence-electron chi connectivity index (χ3n) is 6.53. The first-order chi connectivity index (χ1) is 16.1. The number of hydrogen-bond acceptors (Lipinski definition) is 4. The minimum absolute atomic E-state index is 0.0893. The van der Waals surface area contributed by atoms with Crippen molar-refractivity contribution in [3.8, 4) is 0 Å². The molecule has 2 aliphatic heterocycles. The van der Waals surface area contributed by atoms with Crippen LogP contribution in [0.4, 0.5) is 4.39 Å². The van der Waals surface area contributed by atoms with Crippen LogP contribution in [-0.4, -0.2) is 65.8 Å². The third-order valence-corrected chi connectivity index (χ3v) is 7.53. The molecule has 7 heteroatoms. The van der Waals surface area contributed by atoms with Crippen molar-refractivity contribution in [3.63, 3.8) is 0 Å². The predicted octanol–water partition coefficient (Wildman–Crippen LogP) is 3.82. The molecule has 1 fully saturated rings. The highest BCUT2D eigenvalue weighted by Crippen LogP contribution is 2.37. The summed E-state index contributed by atoms with van der Waals surface area (Å²) in [5.74, 6) is -0.376. The first-order valence-corrected chi connectivity index (χ1v) is 12.2. The van der Waals surface area contributed by atoms with Gasteiger partial charge in [0.1, 0.15) is 5.82 Å². The lowest BCUT2D eigenvalue weighted by Crippen LogP contribution is -2.53. The zero-order chi connectivity index (χ0) is 22.8. The van der Waals surface area contributed by atoms with Crippen LogP contribution >= 0.6 is 11.3 Å². The fraction of sp³-hybridized carbons (Fsp3) is 0.308. The van der Waals surface area contributed by atoms with E-state index >= 15 is 0 Å². The standard InChI is InChI=1S/C26H26FN3O2S/c27-21-8-6-20(7-9-21)26(32)29-15-13-28(14-16-29)24(31)18-30-12-10-23-22(11-17-33-23)25(30)19-4-2-1-3-5-19/h1-9,11,17,25H,10,12-16,18H2. The van der Waals surface area contributed by atoms with Crippen LogP contribution in [0.1, 0.15) is 32.4 Å². The second kappa shape index (κ2) is 9.45. The van der Waals surface area contributed by atoms with E-state index in [2.05, 4.69) is 28.5 Å². The number of piperazine rings is 1. The second-order valence-corrected chi connectivity index (χ2v) is 9.51. The van der Waals surface area contributed by atoms with Gasteiger partial charge in [0.2, 0.25) is 5.91 Å². The van der Waals surface area contributed by atoms with Gasteiger partial charge in [-0.25, -0.2) is 4.39 Å². The fourth-order valence-corrected chi connectivity index (χ4v) is 5.68. The molecular weight excluding hydrogens is 437 g/mol. The van der Waals surface area contributed by atoms with Crippen molar-refractivity contribution in [1.82, 2.24) is 14.7 Å². The number of thiophene rings is 1. The van der Waals surface area contributed by atoms with Crippen LogP contribution in [0.15, 0.2) is 66.0 Å². The Morgan fingerprint density at radius 2 is 1.58 bits per heavy atom. The van der Waals surface area contributed by atoms with E-state index in [1.165, 1.54) is 40.3 Å². The van der Waals surface area contributed by atoms with Gasteiger partial charge in [0.25, 0.3) is 5.91 Å². The van der Waals surface area contributed by atoms with Gasteiger partial charge in [-0.1, -0.05) is 30.3 Å². The lowest BCUT2D eigenvalue weighted by Gasteiger charge is -2.39. The molecule has 2 aliphatic rings. The number of hydrogen-bond donors (Lipinski definition) is 0. The summed E-state index contributed by atoms with van der Waals surface area (Å²) in [5, 5.41) is 2.14.